The van der Waals surface area contributed by atoms with Crippen LogP contribution in [0.2, 0.25) is 0 Å². The maximum Gasteiger partial charge on any atom is 0.247 e. The first-order valence-corrected chi connectivity index (χ1v) is 10.5. The van der Waals surface area contributed by atoms with Crippen molar-refractivity contribution in [3.8, 4) is 17.6 Å². The summed E-state index contributed by atoms with van der Waals surface area (Å²) in [5, 5.41) is 9.03. The Labute approximate surface area is 165 Å². The Morgan fingerprint density at radius 2 is 1.86 bits per heavy atom. The van der Waals surface area contributed by atoms with E-state index in [9.17, 15) is 8.42 Å². The first-order chi connectivity index (χ1) is 13.5. The molecule has 0 spiro atoms. The van der Waals surface area contributed by atoms with Crippen LogP contribution in [0.25, 0.3) is 0 Å². The summed E-state index contributed by atoms with van der Waals surface area (Å²) in [6.07, 6.45) is 0. The number of nitrogens with zero attached hydrogens (tertiary/aromatic N) is 2. The van der Waals surface area contributed by atoms with Gasteiger partial charge in [-0.05, 0) is 24.3 Å². The molecule has 0 aliphatic carbocycles. The van der Waals surface area contributed by atoms with E-state index in [1.54, 1.807) is 18.2 Å². The van der Waals surface area contributed by atoms with Crippen LogP contribution in [-0.4, -0.2) is 53.1 Å². The molecule has 1 saturated heterocycles. The van der Waals surface area contributed by atoms with Crippen LogP contribution in [0, 0.1) is 11.3 Å². The van der Waals surface area contributed by atoms with Gasteiger partial charge in [-0.25, -0.2) is 8.42 Å². The Hall–Kier alpha value is -2.60. The lowest BCUT2D eigenvalue weighted by Crippen LogP contribution is -3.13. The minimum atomic E-state index is -3.67. The second-order valence-corrected chi connectivity index (χ2v) is 8.57. The van der Waals surface area contributed by atoms with Crippen LogP contribution >= 0.6 is 0 Å². The minimum Gasteiger partial charge on any atom is -0.497 e. The predicted molar refractivity (Wildman–Crippen MR) is 104 cm³/mol. The van der Waals surface area contributed by atoms with E-state index in [2.05, 4.69) is 6.07 Å². The number of quaternary nitrogens is 1. The third-order valence-corrected chi connectivity index (χ3v) is 6.85. The van der Waals surface area contributed by atoms with Gasteiger partial charge in [-0.3, -0.25) is 0 Å². The number of nitrogens with one attached hydrogen (secondary N) is 1. The molecule has 0 unspecified atom stereocenters. The van der Waals surface area contributed by atoms with Gasteiger partial charge in [-0.1, -0.05) is 12.1 Å². The third kappa shape index (κ3) is 4.28. The fourth-order valence-electron chi connectivity index (χ4n) is 3.38. The minimum absolute atomic E-state index is 0.125. The lowest BCUT2D eigenvalue weighted by Gasteiger charge is -2.31. The number of ether oxygens (including phenoxy) is 2. The third-order valence-electron chi connectivity index (χ3n) is 4.93. The standard InChI is InChI=1S/C20H23N3O4S/c1-26-18-6-7-19(27-2)20(13-18)28(24,25)23-10-8-22(9-11-23)15-17-5-3-4-16(12-17)14-21/h3-7,12-13H,8-11,15H2,1-2H3/p+1. The van der Waals surface area contributed by atoms with Gasteiger partial charge in [0.05, 0.1) is 52.0 Å². The van der Waals surface area contributed by atoms with E-state index >= 15 is 0 Å². The summed E-state index contributed by atoms with van der Waals surface area (Å²) < 4.78 is 38.2. The maximum absolute atomic E-state index is 13.1. The van der Waals surface area contributed by atoms with E-state index in [0.29, 0.717) is 43.2 Å². The number of sulfonamides is 1. The summed E-state index contributed by atoms with van der Waals surface area (Å²) in [5.74, 6) is 0.782. The van der Waals surface area contributed by atoms with Gasteiger partial charge in [0.2, 0.25) is 10.0 Å². The molecule has 1 N–H and O–H groups in total. The van der Waals surface area contributed by atoms with Gasteiger partial charge in [-0.15, -0.1) is 0 Å². The lowest BCUT2D eigenvalue weighted by atomic mass is 10.1. The second kappa shape index (κ2) is 8.61. The number of piperazine rings is 1. The Morgan fingerprint density at radius 3 is 2.50 bits per heavy atom. The van der Waals surface area contributed by atoms with Crippen molar-refractivity contribution in [1.82, 2.24) is 4.31 Å². The molecule has 1 aliphatic rings. The molecule has 1 aliphatic heterocycles. The number of rotatable bonds is 6. The first kappa shape index (κ1) is 20.1. The Balaban J connectivity index is 1.71. The lowest BCUT2D eigenvalue weighted by molar-refractivity contribution is -0.917. The van der Waals surface area contributed by atoms with Crippen LogP contribution < -0.4 is 14.4 Å². The molecule has 1 heterocycles. The van der Waals surface area contributed by atoms with E-state index < -0.39 is 10.0 Å². The number of hydrogen-bond donors (Lipinski definition) is 1. The molecular weight excluding hydrogens is 378 g/mol. The highest BCUT2D eigenvalue weighted by molar-refractivity contribution is 7.89. The Morgan fingerprint density at radius 1 is 1.11 bits per heavy atom. The number of benzene rings is 2. The van der Waals surface area contributed by atoms with Gasteiger partial charge in [0, 0.05) is 11.6 Å². The quantitative estimate of drug-likeness (QED) is 0.768. The van der Waals surface area contributed by atoms with Crippen LogP contribution in [0.4, 0.5) is 0 Å². The fourth-order valence-corrected chi connectivity index (χ4v) is 5.00. The highest BCUT2D eigenvalue weighted by Crippen LogP contribution is 2.30. The van der Waals surface area contributed by atoms with Crippen molar-refractivity contribution in [2.45, 2.75) is 11.4 Å². The summed E-state index contributed by atoms with van der Waals surface area (Å²) >= 11 is 0. The first-order valence-electron chi connectivity index (χ1n) is 9.02. The monoisotopic (exact) mass is 402 g/mol. The number of methoxy groups -OCH3 is 2. The summed E-state index contributed by atoms with van der Waals surface area (Å²) in [6, 6.07) is 14.5. The largest absolute Gasteiger partial charge is 0.497 e. The molecule has 28 heavy (non-hydrogen) atoms. The molecule has 0 atom stereocenters. The molecule has 2 aromatic rings. The molecule has 1 fully saturated rings. The Kier molecular flexibility index (Phi) is 6.19. The van der Waals surface area contributed by atoms with E-state index in [-0.39, 0.29) is 4.90 Å². The van der Waals surface area contributed by atoms with E-state index in [1.165, 1.54) is 29.5 Å². The summed E-state index contributed by atoms with van der Waals surface area (Å²) in [5.41, 5.74) is 1.73. The van der Waals surface area contributed by atoms with Gasteiger partial charge >= 0.3 is 0 Å². The molecule has 2 aromatic carbocycles. The molecule has 0 radical (unpaired) electrons. The smallest absolute Gasteiger partial charge is 0.247 e. The van der Waals surface area contributed by atoms with E-state index in [1.807, 2.05) is 18.2 Å². The normalized spacial score (nSPS) is 15.8. The maximum atomic E-state index is 13.1. The van der Waals surface area contributed by atoms with E-state index in [0.717, 1.165) is 12.1 Å². The van der Waals surface area contributed by atoms with Crippen molar-refractivity contribution in [2.75, 3.05) is 40.4 Å². The highest BCUT2D eigenvalue weighted by Gasteiger charge is 2.32. The van der Waals surface area contributed by atoms with Crippen molar-refractivity contribution in [1.29, 1.82) is 5.26 Å². The fraction of sp³-hybridized carbons (Fsp3) is 0.350. The van der Waals surface area contributed by atoms with Crippen molar-refractivity contribution in [3.05, 3.63) is 53.6 Å². The van der Waals surface area contributed by atoms with Crippen LogP contribution in [-0.2, 0) is 16.6 Å². The molecule has 8 heteroatoms. The van der Waals surface area contributed by atoms with Gasteiger partial charge in [0.1, 0.15) is 22.9 Å². The van der Waals surface area contributed by atoms with E-state index in [4.69, 9.17) is 14.7 Å². The summed E-state index contributed by atoms with van der Waals surface area (Å²) in [6.45, 7) is 3.02. The molecular formula is C20H24N3O4S+. The number of nitriles is 1. The SMILES string of the molecule is COc1ccc(OC)c(S(=O)(=O)N2CC[NH+](Cc3cccc(C#N)c3)CC2)c1. The molecule has 7 nitrogen and oxygen atoms in total. The molecule has 3 rings (SSSR count). The predicted octanol–water partition coefficient (Wildman–Crippen LogP) is 0.665. The zero-order chi connectivity index (χ0) is 20.1. The zero-order valence-corrected chi connectivity index (χ0v) is 16.8. The summed E-state index contributed by atoms with van der Waals surface area (Å²) in [4.78, 5) is 1.42. The van der Waals surface area contributed by atoms with Gasteiger partial charge < -0.3 is 14.4 Å². The van der Waals surface area contributed by atoms with Crippen LogP contribution in [0.1, 0.15) is 11.1 Å². The highest BCUT2D eigenvalue weighted by atomic mass is 32.2. The average Bonchev–Trinajstić information content (AvgIpc) is 2.73. The molecule has 0 saturated carbocycles. The van der Waals surface area contributed by atoms with Crippen LogP contribution in [0.15, 0.2) is 47.4 Å². The summed E-state index contributed by atoms with van der Waals surface area (Å²) in [7, 11) is -0.714. The average molecular weight is 402 g/mol. The molecule has 0 amide bonds. The van der Waals surface area contributed by atoms with Gasteiger partial charge in [0.15, 0.2) is 0 Å². The Bertz CT molecular complexity index is 977. The zero-order valence-electron chi connectivity index (χ0n) is 16.0. The van der Waals surface area contributed by atoms with Gasteiger partial charge in [-0.2, -0.15) is 9.57 Å². The molecule has 0 aromatic heterocycles. The van der Waals surface area contributed by atoms with Crippen molar-refractivity contribution >= 4 is 10.0 Å². The van der Waals surface area contributed by atoms with Crippen molar-refractivity contribution in [3.63, 3.8) is 0 Å². The van der Waals surface area contributed by atoms with Gasteiger partial charge in [0.25, 0.3) is 0 Å². The topological polar surface area (TPSA) is 84.1 Å². The van der Waals surface area contributed by atoms with Crippen LogP contribution in [0.5, 0.6) is 11.5 Å². The van der Waals surface area contributed by atoms with Crippen LogP contribution in [0.3, 0.4) is 0 Å². The molecule has 0 bridgehead atoms. The van der Waals surface area contributed by atoms with Crippen molar-refractivity contribution < 1.29 is 22.8 Å². The second-order valence-electron chi connectivity index (χ2n) is 6.66. The number of hydrogen-bond acceptors (Lipinski definition) is 5. The van der Waals surface area contributed by atoms with Crippen molar-refractivity contribution in [2.24, 2.45) is 0 Å². The molecule has 148 valence electrons.